The van der Waals surface area contributed by atoms with Crippen LogP contribution in [0.5, 0.6) is 0 Å². The fourth-order valence-electron chi connectivity index (χ4n) is 1.19. The van der Waals surface area contributed by atoms with Crippen LogP contribution in [0.25, 0.3) is 0 Å². The Labute approximate surface area is 82.5 Å². The first kappa shape index (κ1) is 10.6. The van der Waals surface area contributed by atoms with Crippen molar-refractivity contribution in [3.63, 3.8) is 0 Å². The summed E-state index contributed by atoms with van der Waals surface area (Å²) in [5.41, 5.74) is 1.50. The molecule has 0 bridgehead atoms. The van der Waals surface area contributed by atoms with E-state index in [9.17, 15) is 9.18 Å². The Morgan fingerprint density at radius 3 is 2.43 bits per heavy atom. The molecule has 0 fully saturated rings. The first-order chi connectivity index (χ1) is 6.60. The van der Waals surface area contributed by atoms with Gasteiger partial charge in [-0.2, -0.15) is 4.99 Å². The minimum Gasteiger partial charge on any atom is -0.212 e. The molecule has 0 aliphatic rings. The normalized spacial score (nSPS) is 14.2. The monoisotopic (exact) mass is 193 g/mol. The molecular formula is C11H12FNO. The van der Waals surface area contributed by atoms with Crippen LogP contribution in [-0.4, -0.2) is 6.08 Å². The Bertz CT molecular complexity index is 350. The van der Waals surface area contributed by atoms with Crippen LogP contribution in [0.3, 0.4) is 0 Å². The zero-order valence-corrected chi connectivity index (χ0v) is 8.25. The van der Waals surface area contributed by atoms with Gasteiger partial charge in [-0.1, -0.05) is 31.2 Å². The van der Waals surface area contributed by atoms with Gasteiger partial charge in [-0.3, -0.25) is 0 Å². The average molecular weight is 193 g/mol. The molecule has 3 heteroatoms. The number of carbonyl (C=O) groups excluding carboxylic acids is 1. The van der Waals surface area contributed by atoms with Crippen molar-refractivity contribution < 1.29 is 9.18 Å². The maximum absolute atomic E-state index is 13.6. The summed E-state index contributed by atoms with van der Waals surface area (Å²) in [5.74, 6) is -1.96. The molecular weight excluding hydrogens is 181 g/mol. The third-order valence-electron chi connectivity index (χ3n) is 2.14. The van der Waals surface area contributed by atoms with E-state index in [1.165, 1.54) is 13.0 Å². The van der Waals surface area contributed by atoms with E-state index in [1.54, 1.807) is 12.1 Å². The highest BCUT2D eigenvalue weighted by atomic mass is 19.1. The van der Waals surface area contributed by atoms with Gasteiger partial charge in [0.1, 0.15) is 0 Å². The number of halogens is 1. The van der Waals surface area contributed by atoms with Crippen molar-refractivity contribution in [2.45, 2.75) is 26.1 Å². The van der Waals surface area contributed by atoms with Gasteiger partial charge in [0.15, 0.2) is 0 Å². The number of rotatable bonds is 3. The van der Waals surface area contributed by atoms with Crippen molar-refractivity contribution in [3.05, 3.63) is 35.4 Å². The number of nitrogens with zero attached hydrogens (tertiary/aromatic N) is 1. The summed E-state index contributed by atoms with van der Waals surface area (Å²) in [5, 5.41) is 0. The summed E-state index contributed by atoms with van der Waals surface area (Å²) in [4.78, 5) is 13.1. The first-order valence-corrected chi connectivity index (χ1v) is 4.47. The van der Waals surface area contributed by atoms with E-state index in [2.05, 4.69) is 4.99 Å². The van der Waals surface area contributed by atoms with Crippen LogP contribution in [0.4, 0.5) is 4.39 Å². The zero-order chi connectivity index (χ0) is 10.6. The molecule has 0 saturated carbocycles. The maximum Gasteiger partial charge on any atom is 0.238 e. The highest BCUT2D eigenvalue weighted by molar-refractivity contribution is 5.37. The molecule has 0 heterocycles. The second kappa shape index (κ2) is 4.16. The molecule has 0 aromatic heterocycles. The van der Waals surface area contributed by atoms with Crippen molar-refractivity contribution in [1.82, 2.24) is 0 Å². The molecule has 1 aromatic carbocycles. The van der Waals surface area contributed by atoms with Crippen LogP contribution in [0, 0.1) is 0 Å². The molecule has 2 nitrogen and oxygen atoms in total. The van der Waals surface area contributed by atoms with Crippen LogP contribution in [-0.2, 0) is 17.0 Å². The van der Waals surface area contributed by atoms with Crippen LogP contribution < -0.4 is 0 Å². The highest BCUT2D eigenvalue weighted by Gasteiger charge is 2.24. The number of hydrogen-bond donors (Lipinski definition) is 0. The topological polar surface area (TPSA) is 29.4 Å². The lowest BCUT2D eigenvalue weighted by Gasteiger charge is -2.13. The molecule has 0 radical (unpaired) electrons. The molecule has 14 heavy (non-hydrogen) atoms. The van der Waals surface area contributed by atoms with Gasteiger partial charge in [0.2, 0.25) is 11.9 Å². The van der Waals surface area contributed by atoms with Crippen molar-refractivity contribution in [3.8, 4) is 0 Å². The minimum atomic E-state index is -1.96. The highest BCUT2D eigenvalue weighted by Crippen LogP contribution is 2.26. The third kappa shape index (κ3) is 2.27. The molecule has 1 atom stereocenters. The van der Waals surface area contributed by atoms with Crippen molar-refractivity contribution >= 4 is 6.08 Å². The standard InChI is InChI=1S/C11H12FNO/c1-3-9-4-6-10(7-5-9)11(2,12)13-8-14/h4-7H,3H2,1-2H3. The summed E-state index contributed by atoms with van der Waals surface area (Å²) in [6.45, 7) is 3.26. The molecule has 0 aliphatic heterocycles. The number of alkyl halides is 1. The van der Waals surface area contributed by atoms with Crippen LogP contribution in [0.15, 0.2) is 29.3 Å². The number of hydrogen-bond acceptors (Lipinski definition) is 2. The molecule has 0 amide bonds. The number of benzene rings is 1. The molecule has 0 saturated heterocycles. The molecule has 0 spiro atoms. The summed E-state index contributed by atoms with van der Waals surface area (Å²) >= 11 is 0. The summed E-state index contributed by atoms with van der Waals surface area (Å²) in [6, 6.07) is 6.93. The lowest BCUT2D eigenvalue weighted by Crippen LogP contribution is -2.11. The zero-order valence-electron chi connectivity index (χ0n) is 8.25. The fourth-order valence-corrected chi connectivity index (χ4v) is 1.19. The lowest BCUT2D eigenvalue weighted by atomic mass is 10.0. The van der Waals surface area contributed by atoms with E-state index in [-0.39, 0.29) is 0 Å². The lowest BCUT2D eigenvalue weighted by molar-refractivity contribution is 0.206. The largest absolute Gasteiger partial charge is 0.238 e. The minimum absolute atomic E-state index is 0.373. The van der Waals surface area contributed by atoms with Gasteiger partial charge in [0.05, 0.1) is 0 Å². The second-order valence-electron chi connectivity index (χ2n) is 3.21. The fraction of sp³-hybridized carbons (Fsp3) is 0.364. The quantitative estimate of drug-likeness (QED) is 0.412. The smallest absolute Gasteiger partial charge is 0.212 e. The summed E-state index contributed by atoms with van der Waals surface area (Å²) in [7, 11) is 0. The van der Waals surface area contributed by atoms with Crippen molar-refractivity contribution in [1.29, 1.82) is 0 Å². The Morgan fingerprint density at radius 2 is 2.00 bits per heavy atom. The molecule has 74 valence electrons. The van der Waals surface area contributed by atoms with Gasteiger partial charge in [0, 0.05) is 5.56 Å². The van der Waals surface area contributed by atoms with Gasteiger partial charge in [0.25, 0.3) is 0 Å². The SMILES string of the molecule is CCc1ccc(C(C)(F)N=C=O)cc1. The second-order valence-corrected chi connectivity index (χ2v) is 3.21. The van der Waals surface area contributed by atoms with E-state index in [0.29, 0.717) is 5.56 Å². The Kier molecular flexibility index (Phi) is 3.15. The Balaban J connectivity index is 3.02. The van der Waals surface area contributed by atoms with E-state index < -0.39 is 5.79 Å². The van der Waals surface area contributed by atoms with E-state index in [0.717, 1.165) is 12.0 Å². The van der Waals surface area contributed by atoms with E-state index >= 15 is 0 Å². The molecule has 1 aromatic rings. The van der Waals surface area contributed by atoms with Crippen molar-refractivity contribution in [2.75, 3.05) is 0 Å². The van der Waals surface area contributed by atoms with Gasteiger partial charge >= 0.3 is 0 Å². The average Bonchev–Trinajstić information content (AvgIpc) is 2.18. The molecule has 1 rings (SSSR count). The van der Waals surface area contributed by atoms with Crippen LogP contribution in [0.1, 0.15) is 25.0 Å². The summed E-state index contributed by atoms with van der Waals surface area (Å²) < 4.78 is 13.6. The number of isocyanates is 1. The van der Waals surface area contributed by atoms with Gasteiger partial charge in [-0.05, 0) is 18.9 Å². The van der Waals surface area contributed by atoms with Gasteiger partial charge in [-0.15, -0.1) is 0 Å². The van der Waals surface area contributed by atoms with Crippen LogP contribution in [0.2, 0.25) is 0 Å². The van der Waals surface area contributed by atoms with Crippen molar-refractivity contribution in [2.24, 2.45) is 4.99 Å². The predicted molar refractivity (Wildman–Crippen MR) is 52.4 cm³/mol. The van der Waals surface area contributed by atoms with E-state index in [1.807, 2.05) is 19.1 Å². The Morgan fingerprint density at radius 1 is 1.43 bits per heavy atom. The Hall–Kier alpha value is -1.47. The van der Waals surface area contributed by atoms with Crippen LogP contribution >= 0.6 is 0 Å². The molecule has 0 N–H and O–H groups in total. The molecule has 1 unspecified atom stereocenters. The number of aryl methyl sites for hydroxylation is 1. The molecule has 0 aliphatic carbocycles. The predicted octanol–water partition coefficient (Wildman–Crippen LogP) is 2.73. The maximum atomic E-state index is 13.6. The number of aliphatic imine (C=N–C) groups is 1. The van der Waals surface area contributed by atoms with Gasteiger partial charge < -0.3 is 0 Å². The first-order valence-electron chi connectivity index (χ1n) is 4.47. The third-order valence-corrected chi connectivity index (χ3v) is 2.14. The van der Waals surface area contributed by atoms with Gasteiger partial charge in [-0.25, -0.2) is 9.18 Å². The van der Waals surface area contributed by atoms with E-state index in [4.69, 9.17) is 0 Å². The summed E-state index contributed by atoms with van der Waals surface area (Å²) in [6.07, 6.45) is 2.14.